The SMILES string of the molecule is CCC(=O)Nc1ccc(-c2ccccn2)cn1. The molecule has 4 nitrogen and oxygen atoms in total. The van der Waals surface area contributed by atoms with Crippen molar-refractivity contribution in [1.82, 2.24) is 9.97 Å². The molecule has 0 bridgehead atoms. The number of hydrogen-bond acceptors (Lipinski definition) is 3. The monoisotopic (exact) mass is 227 g/mol. The van der Waals surface area contributed by atoms with Crippen LogP contribution in [0.1, 0.15) is 13.3 Å². The fourth-order valence-electron chi connectivity index (χ4n) is 1.38. The van der Waals surface area contributed by atoms with Crippen LogP contribution < -0.4 is 5.32 Å². The minimum Gasteiger partial charge on any atom is -0.311 e. The summed E-state index contributed by atoms with van der Waals surface area (Å²) in [5.41, 5.74) is 1.80. The Morgan fingerprint density at radius 2 is 2.12 bits per heavy atom. The summed E-state index contributed by atoms with van der Waals surface area (Å²) in [7, 11) is 0. The molecular formula is C13H13N3O. The third kappa shape index (κ3) is 2.87. The van der Waals surface area contributed by atoms with E-state index in [0.717, 1.165) is 11.3 Å². The summed E-state index contributed by atoms with van der Waals surface area (Å²) >= 11 is 0. The molecule has 0 aromatic carbocycles. The number of aromatic nitrogens is 2. The van der Waals surface area contributed by atoms with Crippen LogP contribution in [0.2, 0.25) is 0 Å². The van der Waals surface area contributed by atoms with Gasteiger partial charge in [0.05, 0.1) is 5.69 Å². The second kappa shape index (κ2) is 5.21. The van der Waals surface area contributed by atoms with Crippen LogP contribution in [0, 0.1) is 0 Å². The van der Waals surface area contributed by atoms with Crippen LogP contribution in [-0.2, 0) is 4.79 Å². The van der Waals surface area contributed by atoms with E-state index in [-0.39, 0.29) is 5.91 Å². The number of rotatable bonds is 3. The minimum absolute atomic E-state index is 0.0388. The van der Waals surface area contributed by atoms with Crippen LogP contribution in [0.25, 0.3) is 11.3 Å². The third-order valence-corrected chi connectivity index (χ3v) is 2.31. The number of anilines is 1. The third-order valence-electron chi connectivity index (χ3n) is 2.31. The Kier molecular flexibility index (Phi) is 3.45. The molecule has 2 rings (SSSR count). The molecule has 0 unspecified atom stereocenters. The van der Waals surface area contributed by atoms with Crippen LogP contribution in [0.4, 0.5) is 5.82 Å². The number of carbonyl (C=O) groups excluding carboxylic acids is 1. The van der Waals surface area contributed by atoms with Gasteiger partial charge in [-0.3, -0.25) is 9.78 Å². The first-order valence-electron chi connectivity index (χ1n) is 5.47. The molecule has 0 spiro atoms. The number of pyridine rings is 2. The summed E-state index contributed by atoms with van der Waals surface area (Å²) in [5.74, 6) is 0.527. The molecular weight excluding hydrogens is 214 g/mol. The summed E-state index contributed by atoms with van der Waals surface area (Å²) in [5, 5.41) is 2.70. The van der Waals surface area contributed by atoms with E-state index in [9.17, 15) is 4.79 Å². The zero-order chi connectivity index (χ0) is 12.1. The van der Waals surface area contributed by atoms with E-state index in [0.29, 0.717) is 12.2 Å². The number of amides is 1. The fourth-order valence-corrected chi connectivity index (χ4v) is 1.38. The second-order valence-corrected chi connectivity index (χ2v) is 3.55. The molecule has 17 heavy (non-hydrogen) atoms. The van der Waals surface area contributed by atoms with Gasteiger partial charge in [0.1, 0.15) is 5.82 Å². The largest absolute Gasteiger partial charge is 0.311 e. The lowest BCUT2D eigenvalue weighted by atomic mass is 10.2. The predicted molar refractivity (Wildman–Crippen MR) is 66.4 cm³/mol. The maximum atomic E-state index is 11.2. The standard InChI is InChI=1S/C13H13N3O/c1-2-13(17)16-12-7-6-10(9-15-12)11-5-3-4-8-14-11/h3-9H,2H2,1H3,(H,15,16,17). The van der Waals surface area contributed by atoms with Gasteiger partial charge in [-0.25, -0.2) is 4.98 Å². The summed E-state index contributed by atoms with van der Waals surface area (Å²) in [6, 6.07) is 9.38. The van der Waals surface area contributed by atoms with Gasteiger partial charge in [0, 0.05) is 24.4 Å². The molecule has 0 saturated carbocycles. The van der Waals surface area contributed by atoms with E-state index in [4.69, 9.17) is 0 Å². The lowest BCUT2D eigenvalue weighted by Gasteiger charge is -2.03. The molecule has 0 aliphatic rings. The van der Waals surface area contributed by atoms with Crippen LogP contribution in [0.3, 0.4) is 0 Å². The Hall–Kier alpha value is -2.23. The molecule has 0 fully saturated rings. The second-order valence-electron chi connectivity index (χ2n) is 3.55. The number of nitrogens with zero attached hydrogens (tertiary/aromatic N) is 2. The molecule has 2 aromatic rings. The van der Waals surface area contributed by atoms with Crippen LogP contribution in [-0.4, -0.2) is 15.9 Å². The highest BCUT2D eigenvalue weighted by Crippen LogP contribution is 2.16. The summed E-state index contributed by atoms with van der Waals surface area (Å²) in [6.07, 6.45) is 3.89. The Morgan fingerprint density at radius 3 is 2.71 bits per heavy atom. The Balaban J connectivity index is 2.16. The van der Waals surface area contributed by atoms with Gasteiger partial charge in [-0.1, -0.05) is 13.0 Å². The van der Waals surface area contributed by atoms with Gasteiger partial charge in [-0.2, -0.15) is 0 Å². The highest BCUT2D eigenvalue weighted by atomic mass is 16.1. The van der Waals surface area contributed by atoms with E-state index in [1.807, 2.05) is 24.3 Å². The Morgan fingerprint density at radius 1 is 1.24 bits per heavy atom. The molecule has 1 amide bonds. The highest BCUT2D eigenvalue weighted by Gasteiger charge is 2.02. The van der Waals surface area contributed by atoms with Crippen molar-refractivity contribution in [3.63, 3.8) is 0 Å². The van der Waals surface area contributed by atoms with Crippen molar-refractivity contribution in [2.24, 2.45) is 0 Å². The topological polar surface area (TPSA) is 54.9 Å². The first-order valence-corrected chi connectivity index (χ1v) is 5.47. The van der Waals surface area contributed by atoms with Crippen molar-refractivity contribution in [2.45, 2.75) is 13.3 Å². The lowest BCUT2D eigenvalue weighted by molar-refractivity contribution is -0.115. The maximum Gasteiger partial charge on any atom is 0.225 e. The Labute approximate surface area is 99.7 Å². The van der Waals surface area contributed by atoms with E-state index in [1.54, 1.807) is 25.4 Å². The highest BCUT2D eigenvalue weighted by molar-refractivity contribution is 5.89. The molecule has 4 heteroatoms. The quantitative estimate of drug-likeness (QED) is 0.876. The van der Waals surface area contributed by atoms with Gasteiger partial charge in [0.2, 0.25) is 5.91 Å². The fraction of sp³-hybridized carbons (Fsp3) is 0.154. The molecule has 0 aliphatic heterocycles. The summed E-state index contributed by atoms with van der Waals surface area (Å²) in [4.78, 5) is 19.6. The zero-order valence-corrected chi connectivity index (χ0v) is 9.55. The lowest BCUT2D eigenvalue weighted by Crippen LogP contribution is -2.10. The molecule has 0 atom stereocenters. The smallest absolute Gasteiger partial charge is 0.225 e. The number of carbonyl (C=O) groups is 1. The van der Waals surface area contributed by atoms with Gasteiger partial charge < -0.3 is 5.32 Å². The predicted octanol–water partition coefficient (Wildman–Crippen LogP) is 2.49. The molecule has 2 aromatic heterocycles. The molecule has 0 radical (unpaired) electrons. The van der Waals surface area contributed by atoms with Crippen molar-refractivity contribution in [2.75, 3.05) is 5.32 Å². The maximum absolute atomic E-state index is 11.2. The zero-order valence-electron chi connectivity index (χ0n) is 9.55. The van der Waals surface area contributed by atoms with Gasteiger partial charge in [0.25, 0.3) is 0 Å². The molecule has 86 valence electrons. The van der Waals surface area contributed by atoms with Gasteiger partial charge in [0.15, 0.2) is 0 Å². The minimum atomic E-state index is -0.0388. The van der Waals surface area contributed by atoms with Crippen molar-refractivity contribution in [1.29, 1.82) is 0 Å². The number of hydrogen-bond donors (Lipinski definition) is 1. The normalized spacial score (nSPS) is 9.94. The van der Waals surface area contributed by atoms with Crippen LogP contribution >= 0.6 is 0 Å². The molecule has 0 aliphatic carbocycles. The molecule has 1 N–H and O–H groups in total. The summed E-state index contributed by atoms with van der Waals surface area (Å²) in [6.45, 7) is 1.80. The molecule has 2 heterocycles. The average molecular weight is 227 g/mol. The van der Waals surface area contributed by atoms with Crippen molar-refractivity contribution < 1.29 is 4.79 Å². The van der Waals surface area contributed by atoms with E-state index in [1.165, 1.54) is 0 Å². The Bertz CT molecular complexity index is 494. The average Bonchev–Trinajstić information content (AvgIpc) is 2.40. The van der Waals surface area contributed by atoms with Crippen LogP contribution in [0.5, 0.6) is 0 Å². The molecule has 0 saturated heterocycles. The van der Waals surface area contributed by atoms with Gasteiger partial charge in [-0.05, 0) is 24.3 Å². The van der Waals surface area contributed by atoms with Gasteiger partial charge in [-0.15, -0.1) is 0 Å². The first kappa shape index (κ1) is 11.3. The van der Waals surface area contributed by atoms with Crippen LogP contribution in [0.15, 0.2) is 42.7 Å². The van der Waals surface area contributed by atoms with Crippen molar-refractivity contribution in [3.05, 3.63) is 42.7 Å². The number of nitrogens with one attached hydrogen (secondary N) is 1. The van der Waals surface area contributed by atoms with Gasteiger partial charge >= 0.3 is 0 Å². The van der Waals surface area contributed by atoms with Crippen molar-refractivity contribution in [3.8, 4) is 11.3 Å². The first-order chi connectivity index (χ1) is 8.29. The van der Waals surface area contributed by atoms with Crippen molar-refractivity contribution >= 4 is 11.7 Å². The van der Waals surface area contributed by atoms with E-state index < -0.39 is 0 Å². The summed E-state index contributed by atoms with van der Waals surface area (Å²) < 4.78 is 0. The van der Waals surface area contributed by atoms with E-state index in [2.05, 4.69) is 15.3 Å². The van der Waals surface area contributed by atoms with E-state index >= 15 is 0 Å².